The van der Waals surface area contributed by atoms with E-state index in [-0.39, 0.29) is 35.3 Å². The Hall–Kier alpha value is -3.18. The number of para-hydroxylation sites is 1. The molecule has 3 aromatic rings. The third-order valence-electron chi connectivity index (χ3n) is 5.53. The van der Waals surface area contributed by atoms with Crippen LogP contribution in [0.1, 0.15) is 36.5 Å². The number of anilines is 1. The molecule has 0 bridgehead atoms. The first-order valence-electron chi connectivity index (χ1n) is 10.8. The quantitative estimate of drug-likeness (QED) is 0.285. The van der Waals surface area contributed by atoms with Crippen molar-refractivity contribution in [2.24, 2.45) is 0 Å². The van der Waals surface area contributed by atoms with Gasteiger partial charge in [-0.15, -0.1) is 0 Å². The summed E-state index contributed by atoms with van der Waals surface area (Å²) in [5, 5.41) is 0.845. The molecule has 1 saturated heterocycles. The van der Waals surface area contributed by atoms with Crippen LogP contribution in [0.2, 0.25) is 0 Å². The summed E-state index contributed by atoms with van der Waals surface area (Å²) < 4.78 is 8.41. The lowest BCUT2D eigenvalue weighted by molar-refractivity contribution is 0.0937. The molecule has 0 saturated carbocycles. The Kier molecular flexibility index (Phi) is 6.80. The van der Waals surface area contributed by atoms with Gasteiger partial charge in [-0.05, 0) is 31.4 Å². The van der Waals surface area contributed by atoms with E-state index in [1.54, 1.807) is 24.3 Å². The lowest BCUT2D eigenvalue weighted by atomic mass is 10.2. The van der Waals surface area contributed by atoms with Crippen LogP contribution in [0.4, 0.5) is 5.82 Å². The fraction of sp³-hybridized carbons (Fsp3) is 0.409. The first-order chi connectivity index (χ1) is 15.9. The number of fused-ring (bicyclic) bond motifs is 1. The van der Waals surface area contributed by atoms with E-state index >= 15 is 0 Å². The summed E-state index contributed by atoms with van der Waals surface area (Å²) in [6, 6.07) is 7.02. The zero-order chi connectivity index (χ0) is 23.5. The van der Waals surface area contributed by atoms with Crippen LogP contribution < -0.4 is 22.5 Å². The van der Waals surface area contributed by atoms with Crippen LogP contribution in [-0.4, -0.2) is 43.3 Å². The number of hydrogen-bond donors (Lipinski definition) is 2. The van der Waals surface area contributed by atoms with Gasteiger partial charge in [0.15, 0.2) is 10.9 Å². The Balaban J connectivity index is 1.67. The Morgan fingerprint density at radius 1 is 1.27 bits per heavy atom. The minimum absolute atomic E-state index is 0.100. The third-order valence-corrected chi connectivity index (χ3v) is 6.51. The molecule has 1 aromatic carbocycles. The number of thioether (sulfide) groups is 1. The van der Waals surface area contributed by atoms with Gasteiger partial charge in [0.25, 0.3) is 11.1 Å². The number of nitrogens with one attached hydrogen (secondary N) is 1. The molecular weight excluding hydrogens is 446 g/mol. The minimum Gasteiger partial charge on any atom is -0.384 e. The topological polar surface area (TPSA) is 142 Å². The molecule has 4 rings (SSSR count). The molecular formula is C22H25N5O5S. The number of carbonyl (C=O) groups is 1. The SMILES string of the molecule is CCCn1c(N)c(C(=O)CSc2nc3ccccc3c(=O)n2CC2CCCO2)c(=O)[nH]c1=O. The van der Waals surface area contributed by atoms with Crippen LogP contribution in [0.5, 0.6) is 0 Å². The molecule has 11 heteroatoms. The normalized spacial score (nSPS) is 15.8. The van der Waals surface area contributed by atoms with Crippen molar-refractivity contribution in [1.82, 2.24) is 19.1 Å². The number of benzene rings is 1. The molecule has 0 spiro atoms. The minimum atomic E-state index is -0.821. The smallest absolute Gasteiger partial charge is 0.329 e. The number of ketones is 1. The molecule has 174 valence electrons. The molecule has 10 nitrogen and oxygen atoms in total. The standard InChI is InChI=1S/C22H25N5O5S/c1-2-9-26-18(23)17(19(29)25-21(26)31)16(28)12-33-22-24-15-8-4-3-7-14(15)20(30)27(22)11-13-6-5-10-32-13/h3-4,7-8,13H,2,5-6,9-12,23H2,1H3,(H,25,29,31). The molecule has 1 atom stereocenters. The molecule has 3 N–H and O–H groups in total. The number of H-pyrrole nitrogens is 1. The number of hydrogen-bond acceptors (Lipinski definition) is 8. The van der Waals surface area contributed by atoms with Crippen LogP contribution in [0.3, 0.4) is 0 Å². The second-order valence-corrected chi connectivity index (χ2v) is 8.79. The molecule has 1 unspecified atom stereocenters. The Labute approximate surface area is 192 Å². The summed E-state index contributed by atoms with van der Waals surface area (Å²) in [5.41, 5.74) is 4.59. The molecule has 0 radical (unpaired) electrons. The average Bonchev–Trinajstić information content (AvgIpc) is 3.30. The Bertz CT molecular complexity index is 1370. The van der Waals surface area contributed by atoms with Gasteiger partial charge in [0.2, 0.25) is 0 Å². The highest BCUT2D eigenvalue weighted by Gasteiger charge is 2.23. The van der Waals surface area contributed by atoms with Crippen LogP contribution in [0, 0.1) is 0 Å². The Morgan fingerprint density at radius 3 is 2.79 bits per heavy atom. The van der Waals surface area contributed by atoms with Crippen LogP contribution in [0.25, 0.3) is 10.9 Å². The van der Waals surface area contributed by atoms with Crippen molar-refractivity contribution in [3.8, 4) is 0 Å². The van der Waals surface area contributed by atoms with Gasteiger partial charge in [0.1, 0.15) is 11.4 Å². The summed E-state index contributed by atoms with van der Waals surface area (Å²) in [6.07, 6.45) is 2.27. The predicted molar refractivity (Wildman–Crippen MR) is 126 cm³/mol. The van der Waals surface area contributed by atoms with Crippen molar-refractivity contribution in [2.75, 3.05) is 18.1 Å². The highest BCUT2D eigenvalue weighted by Crippen LogP contribution is 2.22. The number of aromatic nitrogens is 4. The highest BCUT2D eigenvalue weighted by atomic mass is 32.2. The van der Waals surface area contributed by atoms with E-state index in [1.165, 1.54) is 9.13 Å². The van der Waals surface area contributed by atoms with E-state index in [0.29, 0.717) is 35.6 Å². The largest absolute Gasteiger partial charge is 0.384 e. The summed E-state index contributed by atoms with van der Waals surface area (Å²) in [6.45, 7) is 3.11. The number of ether oxygens (including phenoxy) is 1. The van der Waals surface area contributed by atoms with Gasteiger partial charge in [-0.3, -0.25) is 28.5 Å². The zero-order valence-corrected chi connectivity index (χ0v) is 19.0. The van der Waals surface area contributed by atoms with Crippen LogP contribution >= 0.6 is 11.8 Å². The van der Waals surface area contributed by atoms with Crippen molar-refractivity contribution < 1.29 is 9.53 Å². The zero-order valence-electron chi connectivity index (χ0n) is 18.2. The van der Waals surface area contributed by atoms with E-state index in [1.807, 2.05) is 6.92 Å². The van der Waals surface area contributed by atoms with Gasteiger partial charge in [0.05, 0.1) is 29.3 Å². The number of aromatic amines is 1. The van der Waals surface area contributed by atoms with Gasteiger partial charge in [-0.25, -0.2) is 9.78 Å². The van der Waals surface area contributed by atoms with Gasteiger partial charge in [-0.1, -0.05) is 30.8 Å². The van der Waals surface area contributed by atoms with Crippen molar-refractivity contribution in [3.63, 3.8) is 0 Å². The fourth-order valence-electron chi connectivity index (χ4n) is 3.92. The summed E-state index contributed by atoms with van der Waals surface area (Å²) >= 11 is 1.05. The summed E-state index contributed by atoms with van der Waals surface area (Å²) in [5.74, 6) is -0.873. The molecule has 1 aliphatic rings. The molecule has 1 aliphatic heterocycles. The number of Topliss-reactive ketones (excluding diaryl/α,β-unsaturated/α-hetero) is 1. The lowest BCUT2D eigenvalue weighted by Gasteiger charge is -2.16. The number of carbonyl (C=O) groups excluding carboxylic acids is 1. The summed E-state index contributed by atoms with van der Waals surface area (Å²) in [4.78, 5) is 57.2. The van der Waals surface area contributed by atoms with Crippen molar-refractivity contribution in [1.29, 1.82) is 0 Å². The van der Waals surface area contributed by atoms with Gasteiger partial charge in [-0.2, -0.15) is 0 Å². The number of rotatable bonds is 8. The van der Waals surface area contributed by atoms with Gasteiger partial charge in [0, 0.05) is 13.2 Å². The number of nitrogen functional groups attached to an aromatic ring is 1. The summed E-state index contributed by atoms with van der Waals surface area (Å²) in [7, 11) is 0. The van der Waals surface area contributed by atoms with Gasteiger partial charge < -0.3 is 10.5 Å². The molecule has 3 heterocycles. The number of nitrogens with two attached hydrogens (primary N) is 1. The second-order valence-electron chi connectivity index (χ2n) is 7.85. The molecule has 1 fully saturated rings. The van der Waals surface area contributed by atoms with E-state index in [2.05, 4.69) is 9.97 Å². The van der Waals surface area contributed by atoms with Crippen molar-refractivity contribution in [2.45, 2.75) is 50.5 Å². The van der Waals surface area contributed by atoms with Crippen molar-refractivity contribution >= 4 is 34.3 Å². The van der Waals surface area contributed by atoms with E-state index in [0.717, 1.165) is 24.6 Å². The first-order valence-corrected chi connectivity index (χ1v) is 11.8. The molecule has 0 aliphatic carbocycles. The van der Waals surface area contributed by atoms with Crippen LogP contribution in [-0.2, 0) is 17.8 Å². The Morgan fingerprint density at radius 2 is 2.06 bits per heavy atom. The maximum Gasteiger partial charge on any atom is 0.329 e. The molecule has 0 amide bonds. The number of nitrogens with zero attached hydrogens (tertiary/aromatic N) is 3. The third kappa shape index (κ3) is 4.64. The van der Waals surface area contributed by atoms with Crippen molar-refractivity contribution in [3.05, 3.63) is 61.0 Å². The van der Waals surface area contributed by atoms with Crippen LogP contribution in [0.15, 0.2) is 43.8 Å². The fourth-order valence-corrected chi connectivity index (χ4v) is 4.80. The maximum absolute atomic E-state index is 13.2. The second kappa shape index (κ2) is 9.75. The average molecular weight is 472 g/mol. The first kappa shape index (κ1) is 23.0. The maximum atomic E-state index is 13.2. The van der Waals surface area contributed by atoms with E-state index < -0.39 is 17.0 Å². The molecule has 2 aromatic heterocycles. The lowest BCUT2D eigenvalue weighted by Crippen LogP contribution is -2.36. The monoisotopic (exact) mass is 471 g/mol. The van der Waals surface area contributed by atoms with E-state index in [9.17, 15) is 19.2 Å². The predicted octanol–water partition coefficient (Wildman–Crippen LogP) is 1.39. The highest BCUT2D eigenvalue weighted by molar-refractivity contribution is 7.99. The van der Waals surface area contributed by atoms with E-state index in [4.69, 9.17) is 10.5 Å². The molecule has 33 heavy (non-hydrogen) atoms. The van der Waals surface area contributed by atoms with Gasteiger partial charge >= 0.3 is 5.69 Å².